The first kappa shape index (κ1) is 14.8. The van der Waals surface area contributed by atoms with Crippen molar-refractivity contribution in [1.29, 1.82) is 0 Å². The van der Waals surface area contributed by atoms with E-state index in [1.165, 1.54) is 0 Å². The van der Waals surface area contributed by atoms with Crippen LogP contribution in [0.5, 0.6) is 0 Å². The predicted octanol–water partition coefficient (Wildman–Crippen LogP) is 1.98. The van der Waals surface area contributed by atoms with Crippen molar-refractivity contribution in [2.24, 2.45) is 0 Å². The molecule has 2 N–H and O–H groups in total. The summed E-state index contributed by atoms with van der Waals surface area (Å²) in [6, 6.07) is 5.37. The van der Waals surface area contributed by atoms with Gasteiger partial charge in [0.2, 0.25) is 5.89 Å². The maximum atomic E-state index is 5.68. The van der Waals surface area contributed by atoms with Crippen molar-refractivity contribution in [1.82, 2.24) is 4.98 Å². The summed E-state index contributed by atoms with van der Waals surface area (Å²) in [5, 5.41) is 0. The maximum Gasteiger partial charge on any atom is 0.221 e. The molecule has 0 saturated carbocycles. The van der Waals surface area contributed by atoms with Crippen LogP contribution in [0.4, 0.5) is 5.69 Å². The fourth-order valence-electron chi connectivity index (χ4n) is 1.74. The Hall–Kier alpha value is -1.63. The quantitative estimate of drug-likeness (QED) is 0.559. The van der Waals surface area contributed by atoms with Crippen LogP contribution in [-0.2, 0) is 20.8 Å². The topological polar surface area (TPSA) is 79.7 Å². The molecule has 6 heteroatoms. The largest absolute Gasteiger partial charge is 0.438 e. The van der Waals surface area contributed by atoms with E-state index in [4.69, 9.17) is 24.4 Å². The standard InChI is InChI=1S/C14H20N2O4/c1-17-5-2-6-18-7-8-19-10-14-16-12-9-11(15)3-4-13(12)20-14/h3-4,9H,2,5-8,10,15H2,1H3. The summed E-state index contributed by atoms with van der Waals surface area (Å²) in [4.78, 5) is 4.30. The molecule has 2 rings (SSSR count). The second-order valence-corrected chi connectivity index (χ2v) is 4.35. The lowest BCUT2D eigenvalue weighted by molar-refractivity contribution is 0.0277. The van der Waals surface area contributed by atoms with Gasteiger partial charge in [-0.2, -0.15) is 0 Å². The van der Waals surface area contributed by atoms with E-state index in [9.17, 15) is 0 Å². The molecule has 0 aliphatic carbocycles. The number of benzene rings is 1. The number of oxazole rings is 1. The van der Waals surface area contributed by atoms with E-state index < -0.39 is 0 Å². The Morgan fingerprint density at radius 3 is 2.85 bits per heavy atom. The summed E-state index contributed by atoms with van der Waals surface area (Å²) in [5.41, 5.74) is 7.82. The number of aromatic nitrogens is 1. The number of nitrogen functional groups attached to an aromatic ring is 1. The molecule has 0 saturated heterocycles. The molecule has 0 unspecified atom stereocenters. The summed E-state index contributed by atoms with van der Waals surface area (Å²) < 4.78 is 21.3. The second kappa shape index (κ2) is 7.84. The van der Waals surface area contributed by atoms with Gasteiger partial charge in [-0.25, -0.2) is 4.98 Å². The third-order valence-electron chi connectivity index (χ3n) is 2.69. The SMILES string of the molecule is COCCCOCCOCc1nc2cc(N)ccc2o1. The molecule has 2 aromatic rings. The fraction of sp³-hybridized carbons (Fsp3) is 0.500. The van der Waals surface area contributed by atoms with Crippen LogP contribution in [0, 0.1) is 0 Å². The van der Waals surface area contributed by atoms with Crippen LogP contribution in [-0.4, -0.2) is 38.5 Å². The molecule has 110 valence electrons. The average Bonchev–Trinajstić information content (AvgIpc) is 2.83. The van der Waals surface area contributed by atoms with Gasteiger partial charge in [0, 0.05) is 26.0 Å². The van der Waals surface area contributed by atoms with E-state index in [0.29, 0.717) is 50.2 Å². The Kier molecular flexibility index (Phi) is 5.79. The molecule has 0 radical (unpaired) electrons. The minimum Gasteiger partial charge on any atom is -0.438 e. The van der Waals surface area contributed by atoms with Crippen molar-refractivity contribution in [3.8, 4) is 0 Å². The first-order valence-corrected chi connectivity index (χ1v) is 6.59. The lowest BCUT2D eigenvalue weighted by atomic mass is 10.3. The van der Waals surface area contributed by atoms with Gasteiger partial charge < -0.3 is 24.4 Å². The number of anilines is 1. The zero-order valence-corrected chi connectivity index (χ0v) is 11.6. The monoisotopic (exact) mass is 280 g/mol. The van der Waals surface area contributed by atoms with E-state index in [0.717, 1.165) is 11.9 Å². The summed E-state index contributed by atoms with van der Waals surface area (Å²) in [6.45, 7) is 2.78. The molecule has 0 bridgehead atoms. The molecule has 6 nitrogen and oxygen atoms in total. The molecule has 0 spiro atoms. The van der Waals surface area contributed by atoms with E-state index in [2.05, 4.69) is 4.98 Å². The first-order valence-electron chi connectivity index (χ1n) is 6.59. The zero-order valence-electron chi connectivity index (χ0n) is 11.6. The second-order valence-electron chi connectivity index (χ2n) is 4.35. The number of fused-ring (bicyclic) bond motifs is 1. The number of nitrogens with two attached hydrogens (primary N) is 1. The van der Waals surface area contributed by atoms with Crippen molar-refractivity contribution < 1.29 is 18.6 Å². The van der Waals surface area contributed by atoms with Gasteiger partial charge in [0.05, 0.1) is 13.2 Å². The molecule has 0 fully saturated rings. The molecule has 1 aromatic heterocycles. The van der Waals surface area contributed by atoms with Crippen molar-refractivity contribution >= 4 is 16.8 Å². The van der Waals surface area contributed by atoms with Gasteiger partial charge in [-0.1, -0.05) is 0 Å². The molecule has 0 atom stereocenters. The van der Waals surface area contributed by atoms with Crippen LogP contribution >= 0.6 is 0 Å². The smallest absolute Gasteiger partial charge is 0.221 e. The van der Waals surface area contributed by atoms with Crippen LogP contribution in [0.3, 0.4) is 0 Å². The Labute approximate surface area is 117 Å². The lowest BCUT2D eigenvalue weighted by Gasteiger charge is -2.03. The van der Waals surface area contributed by atoms with E-state index in [-0.39, 0.29) is 0 Å². The summed E-state index contributed by atoms with van der Waals surface area (Å²) >= 11 is 0. The van der Waals surface area contributed by atoms with E-state index in [1.54, 1.807) is 25.3 Å². The van der Waals surface area contributed by atoms with E-state index in [1.807, 2.05) is 0 Å². The summed E-state index contributed by atoms with van der Waals surface area (Å²) in [5.74, 6) is 0.546. The molecule has 20 heavy (non-hydrogen) atoms. The van der Waals surface area contributed by atoms with Crippen LogP contribution in [0.25, 0.3) is 11.1 Å². The lowest BCUT2D eigenvalue weighted by Crippen LogP contribution is -2.06. The zero-order chi connectivity index (χ0) is 14.2. The Morgan fingerprint density at radius 2 is 2.00 bits per heavy atom. The highest BCUT2D eigenvalue weighted by molar-refractivity contribution is 5.76. The van der Waals surface area contributed by atoms with Gasteiger partial charge in [-0.3, -0.25) is 0 Å². The van der Waals surface area contributed by atoms with Crippen molar-refractivity contribution in [2.75, 3.05) is 39.3 Å². The summed E-state index contributed by atoms with van der Waals surface area (Å²) in [6.07, 6.45) is 0.892. The average molecular weight is 280 g/mol. The highest BCUT2D eigenvalue weighted by Gasteiger charge is 2.05. The first-order chi connectivity index (χ1) is 9.79. The third-order valence-corrected chi connectivity index (χ3v) is 2.69. The number of nitrogens with zero attached hydrogens (tertiary/aromatic N) is 1. The summed E-state index contributed by atoms with van der Waals surface area (Å²) in [7, 11) is 1.68. The Balaban J connectivity index is 1.65. The van der Waals surface area contributed by atoms with Crippen LogP contribution < -0.4 is 5.73 Å². The van der Waals surface area contributed by atoms with Gasteiger partial charge in [-0.05, 0) is 24.6 Å². The van der Waals surface area contributed by atoms with E-state index >= 15 is 0 Å². The highest BCUT2D eigenvalue weighted by atomic mass is 16.5. The minimum atomic E-state index is 0.329. The Bertz CT molecular complexity index is 527. The molecule has 1 aromatic carbocycles. The third kappa shape index (κ3) is 4.48. The molecule has 1 heterocycles. The van der Waals surface area contributed by atoms with Crippen molar-refractivity contribution in [3.63, 3.8) is 0 Å². The molecule has 0 amide bonds. The molecular weight excluding hydrogens is 260 g/mol. The van der Waals surface area contributed by atoms with Crippen molar-refractivity contribution in [2.45, 2.75) is 13.0 Å². The highest BCUT2D eigenvalue weighted by Crippen LogP contribution is 2.18. The number of hydrogen-bond donors (Lipinski definition) is 1. The number of methoxy groups -OCH3 is 1. The van der Waals surface area contributed by atoms with Crippen molar-refractivity contribution in [3.05, 3.63) is 24.1 Å². The molecular formula is C14H20N2O4. The van der Waals surface area contributed by atoms with Gasteiger partial charge in [-0.15, -0.1) is 0 Å². The van der Waals surface area contributed by atoms with Crippen LogP contribution in [0.1, 0.15) is 12.3 Å². The van der Waals surface area contributed by atoms with Gasteiger partial charge in [0.1, 0.15) is 12.1 Å². The Morgan fingerprint density at radius 1 is 1.15 bits per heavy atom. The van der Waals surface area contributed by atoms with Crippen LogP contribution in [0.15, 0.2) is 22.6 Å². The normalized spacial score (nSPS) is 11.2. The minimum absolute atomic E-state index is 0.329. The maximum absolute atomic E-state index is 5.68. The number of rotatable bonds is 9. The van der Waals surface area contributed by atoms with Gasteiger partial charge in [0.25, 0.3) is 0 Å². The number of ether oxygens (including phenoxy) is 3. The molecule has 0 aliphatic heterocycles. The predicted molar refractivity (Wildman–Crippen MR) is 75.4 cm³/mol. The van der Waals surface area contributed by atoms with Gasteiger partial charge >= 0.3 is 0 Å². The fourth-order valence-corrected chi connectivity index (χ4v) is 1.74. The van der Waals surface area contributed by atoms with Gasteiger partial charge in [0.15, 0.2) is 5.58 Å². The number of hydrogen-bond acceptors (Lipinski definition) is 6. The molecule has 0 aliphatic rings. The van der Waals surface area contributed by atoms with Crippen LogP contribution in [0.2, 0.25) is 0 Å².